The molecule has 1 atom stereocenters. The number of ether oxygens (including phenoxy) is 1. The Morgan fingerprint density at radius 3 is 2.39 bits per heavy atom. The summed E-state index contributed by atoms with van der Waals surface area (Å²) in [4.78, 5) is 14.1. The topological polar surface area (TPSA) is 55.6 Å². The highest BCUT2D eigenvalue weighted by Crippen LogP contribution is 2.20. The maximum atomic E-state index is 12.4. The molecule has 100 valence electrons. The molecule has 1 fully saturated rings. The number of hydrogen-bond acceptors (Lipinski definition) is 3. The van der Waals surface area contributed by atoms with E-state index < -0.39 is 5.54 Å². The average molecular weight is 271 g/mol. The molecule has 1 aliphatic heterocycles. The van der Waals surface area contributed by atoms with E-state index in [9.17, 15) is 4.79 Å². The zero-order chi connectivity index (χ0) is 12.3. The van der Waals surface area contributed by atoms with Crippen molar-refractivity contribution in [3.8, 4) is 0 Å². The molecule has 0 radical (unpaired) electrons. The second kappa shape index (κ2) is 6.18. The number of amides is 1. The van der Waals surface area contributed by atoms with Gasteiger partial charge in [-0.05, 0) is 12.5 Å². The van der Waals surface area contributed by atoms with E-state index in [1.807, 2.05) is 30.3 Å². The quantitative estimate of drug-likeness (QED) is 0.877. The summed E-state index contributed by atoms with van der Waals surface area (Å²) in [6, 6.07) is 9.48. The highest BCUT2D eigenvalue weighted by atomic mass is 35.5. The first kappa shape index (κ1) is 15.0. The van der Waals surface area contributed by atoms with Crippen LogP contribution in [0, 0.1) is 0 Å². The molecule has 0 saturated carbocycles. The van der Waals surface area contributed by atoms with Crippen LogP contribution in [-0.2, 0) is 15.1 Å². The molecule has 0 bridgehead atoms. The van der Waals surface area contributed by atoms with Gasteiger partial charge < -0.3 is 15.4 Å². The van der Waals surface area contributed by atoms with Crippen LogP contribution in [0.4, 0.5) is 0 Å². The van der Waals surface area contributed by atoms with Gasteiger partial charge in [0.15, 0.2) is 0 Å². The molecule has 1 aromatic carbocycles. The lowest BCUT2D eigenvalue weighted by atomic mass is 9.91. The van der Waals surface area contributed by atoms with Crippen molar-refractivity contribution in [2.75, 3.05) is 26.3 Å². The van der Waals surface area contributed by atoms with E-state index in [1.54, 1.807) is 11.8 Å². The standard InChI is InChI=1S/C13H18N2O2.ClH/c1-13(14,11-5-3-2-4-6-11)12(16)15-7-9-17-10-8-15;/h2-6H,7-10,14H2,1H3;1H/t13-;/m0./s1. The summed E-state index contributed by atoms with van der Waals surface area (Å²) in [5.41, 5.74) is 6.06. The molecule has 5 heteroatoms. The van der Waals surface area contributed by atoms with Crippen molar-refractivity contribution >= 4 is 18.3 Å². The van der Waals surface area contributed by atoms with E-state index in [4.69, 9.17) is 10.5 Å². The highest BCUT2D eigenvalue weighted by molar-refractivity contribution is 5.87. The van der Waals surface area contributed by atoms with Gasteiger partial charge in [0.05, 0.1) is 13.2 Å². The minimum absolute atomic E-state index is 0. The fourth-order valence-electron chi connectivity index (χ4n) is 2.00. The first-order chi connectivity index (χ1) is 8.12. The number of benzene rings is 1. The molecule has 1 aromatic rings. The predicted octanol–water partition coefficient (Wildman–Crippen LogP) is 1.14. The van der Waals surface area contributed by atoms with E-state index in [2.05, 4.69) is 0 Å². The lowest BCUT2D eigenvalue weighted by Crippen LogP contribution is -2.53. The van der Waals surface area contributed by atoms with Gasteiger partial charge in [0, 0.05) is 13.1 Å². The third kappa shape index (κ3) is 3.02. The van der Waals surface area contributed by atoms with E-state index in [0.717, 1.165) is 5.56 Å². The molecule has 1 amide bonds. The van der Waals surface area contributed by atoms with Crippen molar-refractivity contribution in [2.24, 2.45) is 5.73 Å². The van der Waals surface area contributed by atoms with Gasteiger partial charge in [-0.3, -0.25) is 4.79 Å². The molecule has 1 heterocycles. The number of halogens is 1. The van der Waals surface area contributed by atoms with E-state index >= 15 is 0 Å². The number of morpholine rings is 1. The summed E-state index contributed by atoms with van der Waals surface area (Å²) in [5.74, 6) is -0.0352. The smallest absolute Gasteiger partial charge is 0.247 e. The molecule has 0 unspecified atom stereocenters. The Morgan fingerprint density at radius 2 is 1.83 bits per heavy atom. The number of rotatable bonds is 2. The van der Waals surface area contributed by atoms with Crippen LogP contribution < -0.4 is 5.73 Å². The zero-order valence-corrected chi connectivity index (χ0v) is 11.3. The molecule has 1 saturated heterocycles. The second-order valence-electron chi connectivity index (χ2n) is 4.47. The number of nitrogens with two attached hydrogens (primary N) is 1. The second-order valence-corrected chi connectivity index (χ2v) is 4.47. The first-order valence-electron chi connectivity index (χ1n) is 5.84. The minimum atomic E-state index is -0.960. The van der Waals surface area contributed by atoms with Gasteiger partial charge in [0.2, 0.25) is 5.91 Å². The molecular weight excluding hydrogens is 252 g/mol. The number of carbonyl (C=O) groups excluding carboxylic acids is 1. The van der Waals surface area contributed by atoms with E-state index in [1.165, 1.54) is 0 Å². The Kier molecular flexibility index (Phi) is 5.14. The Morgan fingerprint density at radius 1 is 1.28 bits per heavy atom. The molecule has 18 heavy (non-hydrogen) atoms. The van der Waals surface area contributed by atoms with Gasteiger partial charge in [-0.25, -0.2) is 0 Å². The van der Waals surface area contributed by atoms with Crippen molar-refractivity contribution in [1.29, 1.82) is 0 Å². The van der Waals surface area contributed by atoms with Crippen molar-refractivity contribution in [1.82, 2.24) is 4.90 Å². The molecular formula is C13H19ClN2O2. The minimum Gasteiger partial charge on any atom is -0.378 e. The third-order valence-corrected chi connectivity index (χ3v) is 3.12. The van der Waals surface area contributed by atoms with Crippen LogP contribution in [0.2, 0.25) is 0 Å². The van der Waals surface area contributed by atoms with Crippen LogP contribution in [0.25, 0.3) is 0 Å². The maximum absolute atomic E-state index is 12.4. The van der Waals surface area contributed by atoms with Crippen molar-refractivity contribution in [2.45, 2.75) is 12.5 Å². The van der Waals surface area contributed by atoms with E-state index in [-0.39, 0.29) is 18.3 Å². The van der Waals surface area contributed by atoms with Crippen LogP contribution in [0.3, 0.4) is 0 Å². The Labute approximate surface area is 114 Å². The van der Waals surface area contributed by atoms with Crippen LogP contribution in [0.5, 0.6) is 0 Å². The third-order valence-electron chi connectivity index (χ3n) is 3.12. The van der Waals surface area contributed by atoms with Crippen LogP contribution >= 0.6 is 12.4 Å². The summed E-state index contributed by atoms with van der Waals surface area (Å²) in [7, 11) is 0. The number of hydrogen-bond donors (Lipinski definition) is 1. The van der Waals surface area contributed by atoms with Crippen molar-refractivity contribution < 1.29 is 9.53 Å². The fourth-order valence-corrected chi connectivity index (χ4v) is 2.00. The zero-order valence-electron chi connectivity index (χ0n) is 10.5. The predicted molar refractivity (Wildman–Crippen MR) is 72.6 cm³/mol. The molecule has 4 nitrogen and oxygen atoms in total. The lowest BCUT2D eigenvalue weighted by Gasteiger charge is -2.34. The van der Waals surface area contributed by atoms with Gasteiger partial charge >= 0.3 is 0 Å². The van der Waals surface area contributed by atoms with Gasteiger partial charge in [0.25, 0.3) is 0 Å². The summed E-state index contributed by atoms with van der Waals surface area (Å²) in [6.45, 7) is 4.20. The number of nitrogens with zero attached hydrogens (tertiary/aromatic N) is 1. The van der Waals surface area contributed by atoms with E-state index in [0.29, 0.717) is 26.3 Å². The lowest BCUT2D eigenvalue weighted by molar-refractivity contribution is -0.140. The van der Waals surface area contributed by atoms with Gasteiger partial charge in [0.1, 0.15) is 5.54 Å². The molecule has 2 rings (SSSR count). The summed E-state index contributed by atoms with van der Waals surface area (Å²) >= 11 is 0. The number of carbonyl (C=O) groups is 1. The fraction of sp³-hybridized carbons (Fsp3) is 0.462. The SMILES string of the molecule is C[C@@](N)(C(=O)N1CCOCC1)c1ccccc1.Cl. The van der Waals surface area contributed by atoms with Crippen LogP contribution in [-0.4, -0.2) is 37.1 Å². The Balaban J connectivity index is 0.00000162. The van der Waals surface area contributed by atoms with Crippen molar-refractivity contribution in [3.63, 3.8) is 0 Å². The monoisotopic (exact) mass is 270 g/mol. The molecule has 0 spiro atoms. The van der Waals surface area contributed by atoms with Gasteiger partial charge in [-0.15, -0.1) is 12.4 Å². The summed E-state index contributed by atoms with van der Waals surface area (Å²) in [5, 5.41) is 0. The summed E-state index contributed by atoms with van der Waals surface area (Å²) < 4.78 is 5.23. The normalized spacial score (nSPS) is 18.7. The van der Waals surface area contributed by atoms with Crippen molar-refractivity contribution in [3.05, 3.63) is 35.9 Å². The Bertz CT molecular complexity index is 389. The van der Waals surface area contributed by atoms with Crippen LogP contribution in [0.1, 0.15) is 12.5 Å². The summed E-state index contributed by atoms with van der Waals surface area (Å²) in [6.07, 6.45) is 0. The van der Waals surface area contributed by atoms with Crippen LogP contribution in [0.15, 0.2) is 30.3 Å². The maximum Gasteiger partial charge on any atom is 0.247 e. The molecule has 0 aliphatic carbocycles. The molecule has 0 aromatic heterocycles. The molecule has 1 aliphatic rings. The van der Waals surface area contributed by atoms with Gasteiger partial charge in [-0.1, -0.05) is 30.3 Å². The Hall–Kier alpha value is -1.10. The average Bonchev–Trinajstić information content (AvgIpc) is 2.40. The first-order valence-corrected chi connectivity index (χ1v) is 5.84. The largest absolute Gasteiger partial charge is 0.378 e. The highest BCUT2D eigenvalue weighted by Gasteiger charge is 2.34. The molecule has 2 N–H and O–H groups in total. The van der Waals surface area contributed by atoms with Gasteiger partial charge in [-0.2, -0.15) is 0 Å².